The number of alkyl halides is 1. The Bertz CT molecular complexity index is 1920. The van der Waals surface area contributed by atoms with Crippen molar-refractivity contribution in [3.63, 3.8) is 0 Å². The molecule has 2 aromatic carbocycles. The first kappa shape index (κ1) is 28.0. The van der Waals surface area contributed by atoms with Gasteiger partial charge in [-0.2, -0.15) is 15.2 Å². The van der Waals surface area contributed by atoms with E-state index < -0.39 is 23.3 Å². The number of aromatic nitrogens is 2. The van der Waals surface area contributed by atoms with Crippen LogP contribution in [0.15, 0.2) is 12.1 Å². The Labute approximate surface area is 260 Å². The van der Waals surface area contributed by atoms with Crippen LogP contribution < -0.4 is 20.1 Å². The standard InChI is InChI=1S/C31H28ClF3N6O2S/c1-14-7-16-12-42-26-22-25(24(35)21(23(26)32)17-3-4-19(34)27-20(17)18(9-36)28(37)44-27)38-30(39-29(22)41(16)10-14)43-13-31-5-2-6-40(31)11-15(33)8-31/h3-4,14-16H,2,5-8,10-13,37H2,1H3/t14-,15-,16+,31+/m1/s1. The van der Waals surface area contributed by atoms with Crippen LogP contribution in [0.4, 0.5) is 24.0 Å². The number of anilines is 2. The summed E-state index contributed by atoms with van der Waals surface area (Å²) in [6, 6.07) is 4.58. The molecular formula is C31H28ClF3N6O2S. The normalized spacial score (nSPS) is 26.1. The number of fused-ring (bicyclic) bond motifs is 4. The number of hydrogen-bond donors (Lipinski definition) is 1. The molecule has 4 aromatic rings. The summed E-state index contributed by atoms with van der Waals surface area (Å²) in [5.74, 6) is -0.310. The first-order valence-electron chi connectivity index (χ1n) is 14.7. The molecule has 44 heavy (non-hydrogen) atoms. The van der Waals surface area contributed by atoms with Crippen LogP contribution in [0, 0.1) is 28.9 Å². The highest BCUT2D eigenvalue weighted by atomic mass is 35.5. The van der Waals surface area contributed by atoms with Gasteiger partial charge in [0.2, 0.25) is 0 Å². The topological polar surface area (TPSA) is 101 Å². The zero-order valence-corrected chi connectivity index (χ0v) is 25.4. The molecule has 0 bridgehead atoms. The van der Waals surface area contributed by atoms with Gasteiger partial charge in [0.05, 0.1) is 32.3 Å². The Morgan fingerprint density at radius 3 is 2.93 bits per heavy atom. The molecule has 4 aliphatic rings. The number of halogens is 4. The number of benzene rings is 2. The van der Waals surface area contributed by atoms with Gasteiger partial charge in [0, 0.05) is 30.5 Å². The molecule has 2 aromatic heterocycles. The van der Waals surface area contributed by atoms with Crippen molar-refractivity contribution >= 4 is 54.7 Å². The SMILES string of the molecule is C[C@@H]1C[C@H]2COc3c(Cl)c(-c4ccc(F)c5sc(N)c(C#N)c45)c(F)c4nc(OC[C@@]56CCCN5C[C@H](F)C6)nc(c34)N2C1. The summed E-state index contributed by atoms with van der Waals surface area (Å²) in [5.41, 5.74) is 5.75. The van der Waals surface area contributed by atoms with E-state index in [1.54, 1.807) is 0 Å². The second-order valence-electron chi connectivity index (χ2n) is 12.5. The number of hydrogen-bond acceptors (Lipinski definition) is 9. The van der Waals surface area contributed by atoms with Gasteiger partial charge < -0.3 is 20.1 Å². The van der Waals surface area contributed by atoms with Gasteiger partial charge in [-0.1, -0.05) is 24.6 Å². The number of nitriles is 1. The molecule has 0 radical (unpaired) electrons. The van der Waals surface area contributed by atoms with Crippen molar-refractivity contribution in [3.8, 4) is 29.0 Å². The van der Waals surface area contributed by atoms with Crippen LogP contribution in [0.1, 0.15) is 38.2 Å². The average Bonchev–Trinajstić information content (AvgIpc) is 3.71. The van der Waals surface area contributed by atoms with Crippen LogP contribution >= 0.6 is 22.9 Å². The van der Waals surface area contributed by atoms with Crippen molar-refractivity contribution in [3.05, 3.63) is 34.4 Å². The van der Waals surface area contributed by atoms with Crippen molar-refractivity contribution in [2.45, 2.75) is 50.4 Å². The molecule has 228 valence electrons. The first-order chi connectivity index (χ1) is 21.2. The summed E-state index contributed by atoms with van der Waals surface area (Å²) in [6.07, 6.45) is 2.05. The van der Waals surface area contributed by atoms with Gasteiger partial charge in [-0.15, -0.1) is 11.3 Å². The van der Waals surface area contributed by atoms with Crippen molar-refractivity contribution in [2.75, 3.05) is 43.5 Å². The minimum absolute atomic E-state index is 0.0175. The van der Waals surface area contributed by atoms with Crippen LogP contribution in [-0.4, -0.2) is 65.5 Å². The zero-order chi connectivity index (χ0) is 30.5. The van der Waals surface area contributed by atoms with Gasteiger partial charge in [0.15, 0.2) is 11.6 Å². The molecule has 0 spiro atoms. The minimum Gasteiger partial charge on any atom is -0.489 e. The third-order valence-electron chi connectivity index (χ3n) is 9.69. The van der Waals surface area contributed by atoms with E-state index in [1.165, 1.54) is 12.1 Å². The lowest BCUT2D eigenvalue weighted by molar-refractivity contribution is 0.107. The van der Waals surface area contributed by atoms with Crippen LogP contribution in [-0.2, 0) is 0 Å². The summed E-state index contributed by atoms with van der Waals surface area (Å²) >= 11 is 7.90. The highest BCUT2D eigenvalue weighted by molar-refractivity contribution is 7.23. The van der Waals surface area contributed by atoms with Crippen LogP contribution in [0.25, 0.3) is 32.1 Å². The number of nitrogens with zero attached hydrogens (tertiary/aromatic N) is 5. The molecule has 2 N–H and O–H groups in total. The number of thiophene rings is 1. The van der Waals surface area contributed by atoms with Gasteiger partial charge in [-0.05, 0) is 43.4 Å². The molecule has 3 saturated heterocycles. The predicted octanol–water partition coefficient (Wildman–Crippen LogP) is 6.46. The third-order valence-corrected chi connectivity index (χ3v) is 11.1. The maximum Gasteiger partial charge on any atom is 0.319 e. The lowest BCUT2D eigenvalue weighted by Gasteiger charge is -2.31. The van der Waals surface area contributed by atoms with Gasteiger partial charge in [0.25, 0.3) is 0 Å². The quantitative estimate of drug-likeness (QED) is 0.271. The largest absolute Gasteiger partial charge is 0.489 e. The van der Waals surface area contributed by atoms with Gasteiger partial charge in [0.1, 0.15) is 47.6 Å². The Morgan fingerprint density at radius 2 is 2.11 bits per heavy atom. The van der Waals surface area contributed by atoms with E-state index in [4.69, 9.17) is 31.8 Å². The number of nitrogen functional groups attached to an aromatic ring is 1. The average molecular weight is 641 g/mol. The third kappa shape index (κ3) is 3.98. The van der Waals surface area contributed by atoms with E-state index in [-0.39, 0.29) is 66.7 Å². The molecule has 0 saturated carbocycles. The Hall–Kier alpha value is -3.53. The van der Waals surface area contributed by atoms with Gasteiger partial charge in [-0.25, -0.2) is 13.2 Å². The van der Waals surface area contributed by atoms with Crippen LogP contribution in [0.5, 0.6) is 11.8 Å². The van der Waals surface area contributed by atoms with Crippen molar-refractivity contribution < 1.29 is 22.6 Å². The van der Waals surface area contributed by atoms with E-state index in [0.717, 1.165) is 37.1 Å². The molecule has 13 heteroatoms. The number of rotatable bonds is 4. The minimum atomic E-state index is -0.924. The molecule has 6 heterocycles. The molecule has 0 unspecified atom stereocenters. The molecule has 3 fully saturated rings. The molecule has 4 aliphatic heterocycles. The molecular weight excluding hydrogens is 613 g/mol. The first-order valence-corrected chi connectivity index (χ1v) is 15.9. The Kier molecular flexibility index (Phi) is 6.35. The monoisotopic (exact) mass is 640 g/mol. The summed E-state index contributed by atoms with van der Waals surface area (Å²) < 4.78 is 59.0. The highest BCUT2D eigenvalue weighted by Gasteiger charge is 2.49. The fraction of sp³-hybridized carbons (Fsp3) is 0.452. The Morgan fingerprint density at radius 1 is 1.27 bits per heavy atom. The molecule has 4 atom stereocenters. The highest BCUT2D eigenvalue weighted by Crippen LogP contribution is 2.52. The maximum absolute atomic E-state index is 17.0. The number of nitrogens with two attached hydrogens (primary N) is 1. The lowest BCUT2D eigenvalue weighted by atomic mass is 9.95. The molecule has 0 aliphatic carbocycles. The fourth-order valence-corrected chi connectivity index (χ4v) is 9.07. The smallest absolute Gasteiger partial charge is 0.319 e. The van der Waals surface area contributed by atoms with E-state index >= 15 is 4.39 Å². The molecule has 8 rings (SSSR count). The Balaban J connectivity index is 1.35. The molecule has 8 nitrogen and oxygen atoms in total. The summed E-state index contributed by atoms with van der Waals surface area (Å²) in [5, 5.41) is 10.5. The van der Waals surface area contributed by atoms with E-state index in [2.05, 4.69) is 21.7 Å². The summed E-state index contributed by atoms with van der Waals surface area (Å²) in [4.78, 5) is 13.6. The summed E-state index contributed by atoms with van der Waals surface area (Å²) in [6.45, 7) is 4.48. The molecule has 0 amide bonds. The predicted molar refractivity (Wildman–Crippen MR) is 163 cm³/mol. The van der Waals surface area contributed by atoms with E-state index in [1.807, 2.05) is 6.07 Å². The van der Waals surface area contributed by atoms with E-state index in [9.17, 15) is 14.0 Å². The van der Waals surface area contributed by atoms with Crippen molar-refractivity contribution in [1.29, 1.82) is 5.26 Å². The second kappa shape index (κ2) is 9.99. The maximum atomic E-state index is 17.0. The second-order valence-corrected chi connectivity index (χ2v) is 13.9. The van der Waals surface area contributed by atoms with Crippen LogP contribution in [0.3, 0.4) is 0 Å². The van der Waals surface area contributed by atoms with Gasteiger partial charge >= 0.3 is 6.01 Å². The lowest BCUT2D eigenvalue weighted by Crippen LogP contribution is -2.43. The van der Waals surface area contributed by atoms with E-state index in [0.29, 0.717) is 43.2 Å². The summed E-state index contributed by atoms with van der Waals surface area (Å²) in [7, 11) is 0. The van der Waals surface area contributed by atoms with Crippen molar-refractivity contribution in [1.82, 2.24) is 14.9 Å². The van der Waals surface area contributed by atoms with Gasteiger partial charge in [-0.3, -0.25) is 4.90 Å². The number of ether oxygens (including phenoxy) is 2. The zero-order valence-electron chi connectivity index (χ0n) is 23.8. The van der Waals surface area contributed by atoms with Crippen LogP contribution in [0.2, 0.25) is 5.02 Å². The fourth-order valence-electron chi connectivity index (χ4n) is 7.78. The van der Waals surface area contributed by atoms with Crippen molar-refractivity contribution in [2.24, 2.45) is 5.92 Å².